The van der Waals surface area contributed by atoms with Crippen molar-refractivity contribution in [3.63, 3.8) is 0 Å². The average molecular weight is 386 g/mol. The first-order valence-corrected chi connectivity index (χ1v) is 9.68. The average Bonchev–Trinajstić information content (AvgIpc) is 2.92. The van der Waals surface area contributed by atoms with Gasteiger partial charge in [-0.25, -0.2) is 13.7 Å². The lowest BCUT2D eigenvalue weighted by Gasteiger charge is -2.36. The number of piperidine rings is 1. The summed E-state index contributed by atoms with van der Waals surface area (Å²) in [5, 5.41) is 3.99. The van der Waals surface area contributed by atoms with Gasteiger partial charge in [0.05, 0.1) is 11.0 Å². The van der Waals surface area contributed by atoms with Gasteiger partial charge in [-0.15, -0.1) is 0 Å². The maximum absolute atomic E-state index is 14.2. The van der Waals surface area contributed by atoms with Crippen LogP contribution in [0.25, 0.3) is 0 Å². The SMILES string of the molecule is C=CC[N+]1(C(=O)c2ccc(Cl)cc2)CC2(CCNCC2)c2cc(F)ccc21. The van der Waals surface area contributed by atoms with Gasteiger partial charge in [0.25, 0.3) is 0 Å². The molecular weight excluding hydrogens is 363 g/mol. The monoisotopic (exact) mass is 385 g/mol. The molecule has 27 heavy (non-hydrogen) atoms. The Kier molecular flexibility index (Phi) is 4.66. The summed E-state index contributed by atoms with van der Waals surface area (Å²) in [5.41, 5.74) is 2.31. The highest BCUT2D eigenvalue weighted by Gasteiger charge is 2.57. The van der Waals surface area contributed by atoms with Crippen molar-refractivity contribution >= 4 is 23.2 Å². The van der Waals surface area contributed by atoms with Crippen LogP contribution in [0.4, 0.5) is 10.1 Å². The molecule has 0 radical (unpaired) electrons. The summed E-state index contributed by atoms with van der Waals surface area (Å²) in [7, 11) is 0. The number of nitrogens with one attached hydrogen (secondary N) is 1. The smallest absolute Gasteiger partial charge is 0.317 e. The second kappa shape index (κ2) is 6.86. The van der Waals surface area contributed by atoms with Gasteiger partial charge in [0, 0.05) is 16.7 Å². The molecule has 3 nitrogen and oxygen atoms in total. The Morgan fingerprint density at radius 3 is 2.59 bits per heavy atom. The van der Waals surface area contributed by atoms with Gasteiger partial charge in [0.2, 0.25) is 0 Å². The summed E-state index contributed by atoms with van der Waals surface area (Å²) in [4.78, 5) is 13.7. The first-order valence-electron chi connectivity index (χ1n) is 9.31. The molecular formula is C22H23ClFN2O+. The molecule has 1 atom stereocenters. The predicted octanol–water partition coefficient (Wildman–Crippen LogP) is 4.45. The molecule has 1 unspecified atom stereocenters. The quantitative estimate of drug-likeness (QED) is 0.624. The number of fused-ring (bicyclic) bond motifs is 2. The van der Waals surface area contributed by atoms with E-state index in [4.69, 9.17) is 11.6 Å². The minimum Gasteiger partial charge on any atom is -0.317 e. The van der Waals surface area contributed by atoms with Gasteiger partial charge >= 0.3 is 5.91 Å². The van der Waals surface area contributed by atoms with E-state index in [9.17, 15) is 9.18 Å². The van der Waals surface area contributed by atoms with Crippen LogP contribution >= 0.6 is 11.6 Å². The Bertz CT molecular complexity index is 890. The summed E-state index contributed by atoms with van der Waals surface area (Å²) in [6, 6.07) is 11.9. The fourth-order valence-electron chi connectivity index (χ4n) is 4.81. The number of rotatable bonds is 3. The molecule has 1 saturated heterocycles. The minimum atomic E-state index is -0.246. The largest absolute Gasteiger partial charge is 0.351 e. The van der Waals surface area contributed by atoms with Crippen molar-refractivity contribution in [3.05, 3.63) is 77.1 Å². The van der Waals surface area contributed by atoms with Gasteiger partial charge in [0.15, 0.2) is 0 Å². The zero-order chi connectivity index (χ0) is 19.1. The number of hydrogen-bond acceptors (Lipinski definition) is 2. The molecule has 1 fully saturated rings. The highest BCUT2D eigenvalue weighted by atomic mass is 35.5. The highest BCUT2D eigenvalue weighted by molar-refractivity contribution is 6.30. The Labute approximate surface area is 164 Å². The zero-order valence-electron chi connectivity index (χ0n) is 15.2. The Morgan fingerprint density at radius 2 is 1.93 bits per heavy atom. The summed E-state index contributed by atoms with van der Waals surface area (Å²) < 4.78 is 14.3. The van der Waals surface area contributed by atoms with E-state index < -0.39 is 0 Å². The van der Waals surface area contributed by atoms with Crippen LogP contribution in [0.1, 0.15) is 28.8 Å². The van der Waals surface area contributed by atoms with E-state index in [1.54, 1.807) is 42.5 Å². The van der Waals surface area contributed by atoms with E-state index in [-0.39, 0.29) is 21.6 Å². The molecule has 1 amide bonds. The maximum atomic E-state index is 14.2. The van der Waals surface area contributed by atoms with E-state index in [1.165, 1.54) is 6.07 Å². The lowest BCUT2D eigenvalue weighted by molar-refractivity contribution is 0.0759. The van der Waals surface area contributed by atoms with Crippen LogP contribution in [-0.4, -0.2) is 32.1 Å². The second-order valence-corrected chi connectivity index (χ2v) is 8.04. The molecule has 0 bridgehead atoms. The van der Waals surface area contributed by atoms with Gasteiger partial charge in [-0.2, -0.15) is 0 Å². The van der Waals surface area contributed by atoms with Crippen LogP contribution in [0.2, 0.25) is 5.02 Å². The molecule has 0 aromatic heterocycles. The van der Waals surface area contributed by atoms with Crippen molar-refractivity contribution in [2.75, 3.05) is 26.2 Å². The number of hydrogen-bond donors (Lipinski definition) is 1. The van der Waals surface area contributed by atoms with E-state index in [2.05, 4.69) is 11.9 Å². The first kappa shape index (κ1) is 18.4. The van der Waals surface area contributed by atoms with Crippen molar-refractivity contribution in [1.29, 1.82) is 0 Å². The third kappa shape index (κ3) is 2.92. The molecule has 4 rings (SSSR count). The summed E-state index contributed by atoms with van der Waals surface area (Å²) in [6.07, 6.45) is 3.59. The van der Waals surface area contributed by atoms with Crippen LogP contribution in [0, 0.1) is 5.82 Å². The third-order valence-corrected chi connectivity index (χ3v) is 6.30. The Morgan fingerprint density at radius 1 is 1.22 bits per heavy atom. The molecule has 5 heteroatoms. The number of carbonyl (C=O) groups is 1. The van der Waals surface area contributed by atoms with Gasteiger partial charge in [-0.05, 0) is 68.4 Å². The van der Waals surface area contributed by atoms with Gasteiger partial charge in [-0.1, -0.05) is 18.2 Å². The lowest BCUT2D eigenvalue weighted by Crippen LogP contribution is -2.57. The normalized spacial score (nSPS) is 23.2. The van der Waals surface area contributed by atoms with Gasteiger partial charge in [0.1, 0.15) is 24.6 Å². The highest BCUT2D eigenvalue weighted by Crippen LogP contribution is 2.50. The van der Waals surface area contributed by atoms with Gasteiger partial charge in [-0.3, -0.25) is 0 Å². The molecule has 1 N–H and O–H groups in total. The molecule has 1 spiro atoms. The van der Waals surface area contributed by atoms with Crippen LogP contribution < -0.4 is 9.80 Å². The number of amides is 1. The summed E-state index contributed by atoms with van der Waals surface area (Å²) >= 11 is 6.01. The topological polar surface area (TPSA) is 29.1 Å². The maximum Gasteiger partial charge on any atom is 0.351 e. The minimum absolute atomic E-state index is 0.00910. The molecule has 2 aromatic carbocycles. The number of benzene rings is 2. The standard InChI is InChI=1S/C22H23ClFN2O/c1-2-13-26(21(27)16-3-5-17(23)6-4-16)15-22(9-11-25-12-10-22)19-14-18(24)7-8-20(19)26/h2-8,14,25H,1,9-13,15H2/q+1. The van der Waals surface area contributed by atoms with Crippen molar-refractivity contribution in [2.24, 2.45) is 0 Å². The van der Waals surface area contributed by atoms with Crippen molar-refractivity contribution < 1.29 is 9.18 Å². The molecule has 2 heterocycles. The molecule has 2 aromatic rings. The number of quaternary nitrogens is 1. The number of carbonyl (C=O) groups excluding carboxylic acids is 1. The predicted molar refractivity (Wildman–Crippen MR) is 108 cm³/mol. The van der Waals surface area contributed by atoms with Crippen LogP contribution in [0.3, 0.4) is 0 Å². The molecule has 2 aliphatic heterocycles. The van der Waals surface area contributed by atoms with Crippen molar-refractivity contribution in [2.45, 2.75) is 18.3 Å². The van der Waals surface area contributed by atoms with E-state index in [0.29, 0.717) is 23.7 Å². The van der Waals surface area contributed by atoms with E-state index in [0.717, 1.165) is 37.2 Å². The van der Waals surface area contributed by atoms with Crippen LogP contribution in [0.15, 0.2) is 55.1 Å². The first-order chi connectivity index (χ1) is 13.0. The fourth-order valence-corrected chi connectivity index (χ4v) is 4.94. The van der Waals surface area contributed by atoms with E-state index >= 15 is 0 Å². The second-order valence-electron chi connectivity index (χ2n) is 7.60. The fraction of sp³-hybridized carbons (Fsp3) is 0.318. The third-order valence-electron chi connectivity index (χ3n) is 6.05. The van der Waals surface area contributed by atoms with E-state index in [1.807, 2.05) is 0 Å². The van der Waals surface area contributed by atoms with Crippen molar-refractivity contribution in [3.8, 4) is 0 Å². The Balaban J connectivity index is 1.89. The molecule has 0 saturated carbocycles. The Hall–Kier alpha value is -2.01. The van der Waals surface area contributed by atoms with Crippen molar-refractivity contribution in [1.82, 2.24) is 9.80 Å². The summed E-state index contributed by atoms with van der Waals surface area (Å²) in [5.74, 6) is -0.237. The number of nitrogens with zero attached hydrogens (tertiary/aromatic N) is 1. The molecule has 0 aliphatic carbocycles. The molecule has 2 aliphatic rings. The lowest BCUT2D eigenvalue weighted by atomic mass is 9.74. The molecule has 140 valence electrons. The summed E-state index contributed by atoms with van der Waals surface area (Å²) in [6.45, 7) is 6.78. The number of halogens is 2. The van der Waals surface area contributed by atoms with Gasteiger partial charge < -0.3 is 5.32 Å². The van der Waals surface area contributed by atoms with Crippen LogP contribution in [-0.2, 0) is 5.41 Å². The zero-order valence-corrected chi connectivity index (χ0v) is 15.9. The van der Waals surface area contributed by atoms with Crippen LogP contribution in [0.5, 0.6) is 0 Å².